The van der Waals surface area contributed by atoms with E-state index in [4.69, 9.17) is 9.97 Å². The highest BCUT2D eigenvalue weighted by Crippen LogP contribution is 2.42. The van der Waals surface area contributed by atoms with E-state index in [1.54, 1.807) is 12.7 Å². The molecular weight excluding hydrogens is 486 g/mol. The molecule has 0 radical (unpaired) electrons. The number of hydrogen-bond acceptors (Lipinski definition) is 7. The van der Waals surface area contributed by atoms with Gasteiger partial charge in [0.25, 0.3) is 0 Å². The Kier molecular flexibility index (Phi) is 4.89. The third-order valence-corrected chi connectivity index (χ3v) is 12.6. The van der Waals surface area contributed by atoms with Crippen molar-refractivity contribution in [2.24, 2.45) is 0 Å². The van der Waals surface area contributed by atoms with Crippen LogP contribution in [0, 0.1) is 0 Å². The summed E-state index contributed by atoms with van der Waals surface area (Å²) in [6.07, 6.45) is 7.29. The van der Waals surface area contributed by atoms with Gasteiger partial charge in [0.2, 0.25) is 0 Å². The zero-order valence-electron chi connectivity index (χ0n) is 21.8. The van der Waals surface area contributed by atoms with Crippen molar-refractivity contribution in [2.75, 3.05) is 42.9 Å². The molecule has 5 aromatic rings. The van der Waals surface area contributed by atoms with Gasteiger partial charge in [0, 0.05) is 79.4 Å². The van der Waals surface area contributed by atoms with Crippen LogP contribution in [0.15, 0.2) is 91.8 Å². The summed E-state index contributed by atoms with van der Waals surface area (Å²) in [6.45, 7) is 0. The normalized spacial score (nSPS) is 13.9. The summed E-state index contributed by atoms with van der Waals surface area (Å²) in [5.74, 6) is 0. The molecule has 7 rings (SSSR count). The van der Waals surface area contributed by atoms with E-state index in [0.29, 0.717) is 0 Å². The van der Waals surface area contributed by atoms with Crippen molar-refractivity contribution in [1.82, 2.24) is 19.9 Å². The lowest BCUT2D eigenvalue weighted by Gasteiger charge is -2.43. The van der Waals surface area contributed by atoms with Gasteiger partial charge >= 0.3 is 0 Å². The molecule has 186 valence electrons. The summed E-state index contributed by atoms with van der Waals surface area (Å²) in [7, 11) is 5.53. The Bertz CT molecular complexity index is 1590. The van der Waals surface area contributed by atoms with E-state index < -0.39 is 8.07 Å². The fourth-order valence-electron chi connectivity index (χ4n) is 6.04. The Morgan fingerprint density at radius 1 is 0.605 bits per heavy atom. The van der Waals surface area contributed by atoms with E-state index in [1.807, 2.05) is 12.4 Å². The Balaban J connectivity index is 1.67. The maximum Gasteiger partial charge on any atom is 0.192 e. The monoisotopic (exact) mass is 513 g/mol. The van der Waals surface area contributed by atoms with Crippen LogP contribution in [0.1, 0.15) is 0 Å². The first kappa shape index (κ1) is 22.6. The van der Waals surface area contributed by atoms with Crippen LogP contribution in [-0.2, 0) is 0 Å². The first-order valence-corrected chi connectivity index (χ1v) is 14.6. The summed E-state index contributed by atoms with van der Waals surface area (Å²) < 4.78 is 0. The highest BCUT2D eigenvalue weighted by Gasteiger charge is 2.56. The number of rotatable bonds is 3. The number of hydrogen-bond donors (Lipinski definition) is 0. The Labute approximate surface area is 223 Å². The van der Waals surface area contributed by atoms with Crippen LogP contribution in [-0.4, -0.2) is 56.2 Å². The number of nitrogens with zero attached hydrogens (tertiary/aromatic N) is 7. The molecule has 1 spiro atoms. The zero-order chi connectivity index (χ0) is 26.0. The molecule has 2 aliphatic rings. The van der Waals surface area contributed by atoms with Gasteiger partial charge in [-0.25, -0.2) is 19.9 Å². The minimum Gasteiger partial charge on any atom is -0.378 e. The molecular formula is C30H27N7Si. The second-order valence-corrected chi connectivity index (χ2v) is 13.8. The van der Waals surface area contributed by atoms with Crippen LogP contribution in [0.25, 0.3) is 11.4 Å². The highest BCUT2D eigenvalue weighted by atomic mass is 28.3. The van der Waals surface area contributed by atoms with Crippen molar-refractivity contribution < 1.29 is 0 Å². The zero-order valence-corrected chi connectivity index (χ0v) is 22.8. The quantitative estimate of drug-likeness (QED) is 0.337. The molecule has 0 atom stereocenters. The highest BCUT2D eigenvalue weighted by molar-refractivity contribution is 7.23. The molecule has 0 amide bonds. The summed E-state index contributed by atoms with van der Waals surface area (Å²) in [6, 6.07) is 24.3. The smallest absolute Gasteiger partial charge is 0.192 e. The van der Waals surface area contributed by atoms with Gasteiger partial charge in [-0.3, -0.25) is 0 Å². The first-order valence-electron chi connectivity index (χ1n) is 12.6. The second kappa shape index (κ2) is 8.22. The van der Waals surface area contributed by atoms with Gasteiger partial charge < -0.3 is 14.7 Å². The van der Waals surface area contributed by atoms with E-state index >= 15 is 0 Å². The van der Waals surface area contributed by atoms with E-state index in [1.165, 1.54) is 32.1 Å². The lowest BCUT2D eigenvalue weighted by Crippen LogP contribution is -2.75. The molecule has 4 heterocycles. The summed E-state index contributed by atoms with van der Waals surface area (Å²) in [5, 5.41) is 4.92. The van der Waals surface area contributed by atoms with Gasteiger partial charge in [-0.2, -0.15) is 0 Å². The van der Waals surface area contributed by atoms with Crippen LogP contribution >= 0.6 is 0 Å². The molecule has 2 aromatic heterocycles. The van der Waals surface area contributed by atoms with Crippen LogP contribution in [0.2, 0.25) is 0 Å². The lowest BCUT2D eigenvalue weighted by atomic mass is 10.1. The number of anilines is 5. The van der Waals surface area contributed by atoms with Crippen LogP contribution < -0.4 is 35.4 Å². The van der Waals surface area contributed by atoms with E-state index in [9.17, 15) is 0 Å². The van der Waals surface area contributed by atoms with Crippen molar-refractivity contribution in [3.05, 3.63) is 91.8 Å². The number of fused-ring (bicyclic) bond motifs is 9. The van der Waals surface area contributed by atoms with Crippen LogP contribution in [0.5, 0.6) is 0 Å². The maximum atomic E-state index is 4.77. The van der Waals surface area contributed by atoms with Gasteiger partial charge in [0.05, 0.1) is 11.4 Å². The molecule has 7 nitrogen and oxygen atoms in total. The topological polar surface area (TPSA) is 61.3 Å². The predicted octanol–water partition coefficient (Wildman–Crippen LogP) is 2.54. The van der Waals surface area contributed by atoms with Gasteiger partial charge in [0.15, 0.2) is 8.07 Å². The van der Waals surface area contributed by atoms with Crippen molar-refractivity contribution in [3.63, 3.8) is 0 Å². The van der Waals surface area contributed by atoms with Crippen LogP contribution in [0.3, 0.4) is 0 Å². The van der Waals surface area contributed by atoms with Crippen molar-refractivity contribution in [2.45, 2.75) is 0 Å². The SMILES string of the molecule is CN(C)c1ccc2c(c1)N(c1ccccc1)c1cc(N(C)C)ccc1[Si]21c2cncnc2-c2ncncc21. The number of para-hydroxylation sites is 1. The fourth-order valence-corrected chi connectivity index (χ4v) is 11.2. The summed E-state index contributed by atoms with van der Waals surface area (Å²) in [5.41, 5.74) is 7.59. The fraction of sp³-hybridized carbons (Fsp3) is 0.133. The summed E-state index contributed by atoms with van der Waals surface area (Å²) in [4.78, 5) is 25.4. The Hall–Kier alpha value is -4.56. The van der Waals surface area contributed by atoms with E-state index in [-0.39, 0.29) is 0 Å². The van der Waals surface area contributed by atoms with Crippen molar-refractivity contribution in [3.8, 4) is 11.4 Å². The minimum absolute atomic E-state index is 0.919. The molecule has 0 saturated carbocycles. The minimum atomic E-state index is -2.82. The maximum absolute atomic E-state index is 4.77. The predicted molar refractivity (Wildman–Crippen MR) is 157 cm³/mol. The van der Waals surface area contributed by atoms with Crippen molar-refractivity contribution in [1.29, 1.82) is 0 Å². The molecule has 0 N–H and O–H groups in total. The van der Waals surface area contributed by atoms with Crippen molar-refractivity contribution >= 4 is 57.3 Å². The molecule has 0 aliphatic carbocycles. The van der Waals surface area contributed by atoms with E-state index in [2.05, 4.69) is 120 Å². The molecule has 0 bridgehead atoms. The first-order chi connectivity index (χ1) is 18.5. The Morgan fingerprint density at radius 2 is 1.11 bits per heavy atom. The van der Waals surface area contributed by atoms with Gasteiger partial charge in [-0.05, 0) is 46.8 Å². The molecule has 38 heavy (non-hydrogen) atoms. The summed E-state index contributed by atoms with van der Waals surface area (Å²) >= 11 is 0. The molecule has 0 fully saturated rings. The standard InChI is InChI=1S/C30H27N7Si/c1-35(2)21-10-12-25-23(14-21)37(20-8-6-5-7-9-20)24-15-22(36(3)4)11-13-26(24)38(25)27-16-31-18-33-29(27)30-28(38)17-32-19-34-30/h5-19H,1-4H3. The number of aromatic nitrogens is 4. The molecule has 0 saturated heterocycles. The average molecular weight is 514 g/mol. The second-order valence-electron chi connectivity index (χ2n) is 10.2. The van der Waals surface area contributed by atoms with Gasteiger partial charge in [0.1, 0.15) is 12.7 Å². The van der Waals surface area contributed by atoms with Gasteiger partial charge in [-0.1, -0.05) is 30.3 Å². The number of benzene rings is 3. The molecule has 8 heteroatoms. The molecule has 2 aliphatic heterocycles. The largest absolute Gasteiger partial charge is 0.378 e. The molecule has 3 aromatic carbocycles. The Morgan fingerprint density at radius 3 is 1.58 bits per heavy atom. The third-order valence-electron chi connectivity index (χ3n) is 7.76. The van der Waals surface area contributed by atoms with Gasteiger partial charge in [-0.15, -0.1) is 0 Å². The molecule has 0 unspecified atom stereocenters. The average Bonchev–Trinajstić information content (AvgIpc) is 3.24. The lowest BCUT2D eigenvalue weighted by molar-refractivity contribution is 1.12. The van der Waals surface area contributed by atoms with E-state index in [0.717, 1.165) is 28.5 Å². The third kappa shape index (κ3) is 2.95. The van der Waals surface area contributed by atoms with Crippen LogP contribution in [0.4, 0.5) is 28.4 Å².